The predicted molar refractivity (Wildman–Crippen MR) is 104 cm³/mol. The molecule has 2 unspecified atom stereocenters. The zero-order chi connectivity index (χ0) is 21.1. The minimum atomic E-state index is -0.569. The van der Waals surface area contributed by atoms with Gasteiger partial charge in [-0.2, -0.15) is 0 Å². The number of hydrogen-bond acceptors (Lipinski definition) is 6. The zero-order valence-corrected chi connectivity index (χ0v) is 16.5. The summed E-state index contributed by atoms with van der Waals surface area (Å²) in [6.45, 7) is 3.18. The van der Waals surface area contributed by atoms with E-state index in [1.165, 1.54) is 0 Å². The molecule has 2 saturated heterocycles. The largest absolute Gasteiger partial charge is 0.370 e. The van der Waals surface area contributed by atoms with Gasteiger partial charge in [0, 0.05) is 39.0 Å². The Kier molecular flexibility index (Phi) is 10.5. The summed E-state index contributed by atoms with van der Waals surface area (Å²) in [6.07, 6.45) is 5.27. The summed E-state index contributed by atoms with van der Waals surface area (Å²) in [5.41, 5.74) is 21.2. The molecule has 0 saturated carbocycles. The van der Waals surface area contributed by atoms with Crippen LogP contribution >= 0.6 is 0 Å². The minimum Gasteiger partial charge on any atom is -0.370 e. The normalized spacial score (nSPS) is 18.2. The molecule has 4 amide bonds. The average molecular weight is 399 g/mol. The third kappa shape index (κ3) is 8.66. The fraction of sp³-hybridized carbons (Fsp3) is 0.778. The lowest BCUT2D eigenvalue weighted by Crippen LogP contribution is -2.42. The molecule has 0 aromatic rings. The predicted octanol–water partition coefficient (Wildman–Crippen LogP) is -1.60. The maximum Gasteiger partial charge on any atom is 0.239 e. The van der Waals surface area contributed by atoms with Gasteiger partial charge < -0.3 is 32.7 Å². The van der Waals surface area contributed by atoms with Crippen LogP contribution in [0.1, 0.15) is 51.4 Å². The molecule has 10 nitrogen and oxygen atoms in total. The first kappa shape index (κ1) is 23.8. The van der Waals surface area contributed by atoms with Gasteiger partial charge in [0.25, 0.3) is 0 Å². The highest BCUT2D eigenvalue weighted by molar-refractivity contribution is 5.83. The molecule has 2 rings (SSSR count). The third-order valence-corrected chi connectivity index (χ3v) is 4.87. The van der Waals surface area contributed by atoms with E-state index in [0.717, 1.165) is 51.9 Å². The molecule has 0 radical (unpaired) electrons. The van der Waals surface area contributed by atoms with Gasteiger partial charge in [-0.25, -0.2) is 0 Å². The Morgan fingerprint density at radius 2 is 0.929 bits per heavy atom. The monoisotopic (exact) mass is 398 g/mol. The number of primary amides is 2. The molecule has 2 heterocycles. The highest BCUT2D eigenvalue weighted by Crippen LogP contribution is 2.11. The van der Waals surface area contributed by atoms with Gasteiger partial charge in [-0.15, -0.1) is 0 Å². The number of nitrogens with two attached hydrogens (primary N) is 4. The molecule has 2 aliphatic heterocycles. The van der Waals surface area contributed by atoms with E-state index in [2.05, 4.69) is 0 Å². The highest BCUT2D eigenvalue weighted by atomic mass is 16.2. The highest BCUT2D eigenvalue weighted by Gasteiger charge is 2.24. The van der Waals surface area contributed by atoms with Crippen molar-refractivity contribution < 1.29 is 19.2 Å². The number of amides is 4. The van der Waals surface area contributed by atoms with Gasteiger partial charge >= 0.3 is 0 Å². The summed E-state index contributed by atoms with van der Waals surface area (Å²) in [4.78, 5) is 47.7. The molecule has 0 bridgehead atoms. The first-order valence-electron chi connectivity index (χ1n) is 9.87. The van der Waals surface area contributed by atoms with Crippen molar-refractivity contribution in [2.45, 2.75) is 63.5 Å². The molecule has 2 atom stereocenters. The second kappa shape index (κ2) is 12.3. The van der Waals surface area contributed by atoms with Crippen LogP contribution in [0, 0.1) is 0 Å². The molecular weight excluding hydrogens is 364 g/mol. The van der Waals surface area contributed by atoms with Crippen LogP contribution in [-0.4, -0.2) is 71.7 Å². The van der Waals surface area contributed by atoms with Crippen molar-refractivity contribution in [2.75, 3.05) is 26.2 Å². The van der Waals surface area contributed by atoms with E-state index < -0.39 is 23.9 Å². The quantitative estimate of drug-likeness (QED) is 0.382. The van der Waals surface area contributed by atoms with Crippen molar-refractivity contribution >= 4 is 23.6 Å². The van der Waals surface area contributed by atoms with E-state index in [1.54, 1.807) is 9.80 Å². The number of likely N-dealkylation sites (tertiary alicyclic amines) is 2. The lowest BCUT2D eigenvalue weighted by Gasteiger charge is -2.19. The molecular formula is C18H34N6O4. The molecule has 0 aromatic carbocycles. The molecule has 0 spiro atoms. The standard InChI is InChI=1S/2C9H17N3O2/c2*10-7(3-4-8(11)13)9(14)12-5-1-2-6-12/h2*7H,1-6,10H2,(H2,11,13). The van der Waals surface area contributed by atoms with Crippen LogP contribution in [-0.2, 0) is 19.2 Å². The SMILES string of the molecule is NC(=O)CCC(N)C(=O)N1CCCC1.NC(=O)CCC(N)C(=O)N1CCCC1. The van der Waals surface area contributed by atoms with Crippen LogP contribution in [0.3, 0.4) is 0 Å². The Morgan fingerprint density at radius 1 is 0.643 bits per heavy atom. The van der Waals surface area contributed by atoms with E-state index in [-0.39, 0.29) is 24.7 Å². The molecule has 2 aliphatic rings. The Hall–Kier alpha value is -2.20. The third-order valence-electron chi connectivity index (χ3n) is 4.87. The van der Waals surface area contributed by atoms with Gasteiger partial charge in [0.15, 0.2) is 0 Å². The van der Waals surface area contributed by atoms with E-state index in [4.69, 9.17) is 22.9 Å². The topological polar surface area (TPSA) is 179 Å². The summed E-state index contributed by atoms with van der Waals surface area (Å²) < 4.78 is 0. The maximum atomic E-state index is 11.6. The first-order chi connectivity index (χ1) is 13.2. The lowest BCUT2D eigenvalue weighted by molar-refractivity contribution is -0.132. The Bertz CT molecular complexity index is 496. The Balaban J connectivity index is 0.000000280. The van der Waals surface area contributed by atoms with Crippen LogP contribution < -0.4 is 22.9 Å². The van der Waals surface area contributed by atoms with E-state index in [1.807, 2.05) is 0 Å². The van der Waals surface area contributed by atoms with Gasteiger partial charge in [-0.3, -0.25) is 19.2 Å². The lowest BCUT2D eigenvalue weighted by atomic mass is 10.1. The van der Waals surface area contributed by atoms with Crippen LogP contribution in [0.25, 0.3) is 0 Å². The number of hydrogen-bond donors (Lipinski definition) is 4. The number of carbonyl (C=O) groups is 4. The van der Waals surface area contributed by atoms with Crippen molar-refractivity contribution in [2.24, 2.45) is 22.9 Å². The first-order valence-corrected chi connectivity index (χ1v) is 9.87. The van der Waals surface area contributed by atoms with Crippen LogP contribution in [0.15, 0.2) is 0 Å². The van der Waals surface area contributed by atoms with E-state index >= 15 is 0 Å². The van der Waals surface area contributed by atoms with Gasteiger partial charge in [-0.1, -0.05) is 0 Å². The second-order valence-corrected chi connectivity index (χ2v) is 7.29. The van der Waals surface area contributed by atoms with Crippen LogP contribution in [0.5, 0.6) is 0 Å². The summed E-state index contributed by atoms with van der Waals surface area (Å²) >= 11 is 0. The molecule has 160 valence electrons. The average Bonchev–Trinajstić information content (AvgIpc) is 3.37. The Morgan fingerprint density at radius 3 is 1.18 bits per heavy atom. The molecule has 8 N–H and O–H groups in total. The minimum absolute atomic E-state index is 0.0521. The van der Waals surface area contributed by atoms with Gasteiger partial charge in [0.1, 0.15) is 0 Å². The number of nitrogens with zero attached hydrogens (tertiary/aromatic N) is 2. The molecule has 0 aromatic heterocycles. The van der Waals surface area contributed by atoms with Crippen LogP contribution in [0.4, 0.5) is 0 Å². The number of carbonyl (C=O) groups excluding carboxylic acids is 4. The smallest absolute Gasteiger partial charge is 0.239 e. The van der Waals surface area contributed by atoms with Crippen molar-refractivity contribution in [3.05, 3.63) is 0 Å². The van der Waals surface area contributed by atoms with Gasteiger partial charge in [0.05, 0.1) is 12.1 Å². The fourth-order valence-corrected chi connectivity index (χ4v) is 3.19. The summed E-state index contributed by atoms with van der Waals surface area (Å²) in [5.74, 6) is -0.920. The summed E-state index contributed by atoms with van der Waals surface area (Å²) in [6, 6.07) is -1.14. The zero-order valence-electron chi connectivity index (χ0n) is 16.5. The Labute approximate surface area is 165 Å². The molecule has 2 fully saturated rings. The molecule has 0 aliphatic carbocycles. The van der Waals surface area contributed by atoms with Gasteiger partial charge in [0.2, 0.25) is 23.6 Å². The summed E-state index contributed by atoms with van der Waals surface area (Å²) in [5, 5.41) is 0. The van der Waals surface area contributed by atoms with Crippen molar-refractivity contribution in [1.82, 2.24) is 9.80 Å². The van der Waals surface area contributed by atoms with Crippen molar-refractivity contribution in [3.63, 3.8) is 0 Å². The molecule has 28 heavy (non-hydrogen) atoms. The summed E-state index contributed by atoms with van der Waals surface area (Å²) in [7, 11) is 0. The van der Waals surface area contributed by atoms with Crippen molar-refractivity contribution in [3.8, 4) is 0 Å². The van der Waals surface area contributed by atoms with E-state index in [9.17, 15) is 19.2 Å². The van der Waals surface area contributed by atoms with Crippen LogP contribution in [0.2, 0.25) is 0 Å². The molecule has 10 heteroatoms. The van der Waals surface area contributed by atoms with E-state index in [0.29, 0.717) is 12.8 Å². The number of rotatable bonds is 8. The van der Waals surface area contributed by atoms with Crippen molar-refractivity contribution in [1.29, 1.82) is 0 Å². The second-order valence-electron chi connectivity index (χ2n) is 7.29. The fourth-order valence-electron chi connectivity index (χ4n) is 3.19. The maximum absolute atomic E-state index is 11.6. The van der Waals surface area contributed by atoms with Gasteiger partial charge in [-0.05, 0) is 38.5 Å².